The number of urea groups is 1. The lowest BCUT2D eigenvalue weighted by molar-refractivity contribution is 0.0540. The average molecular weight is 591 g/mol. The minimum atomic E-state index is -3.90. The summed E-state index contributed by atoms with van der Waals surface area (Å²) in [4.78, 5) is 16.7. The largest absolute Gasteiger partial charge is 0.490 e. The van der Waals surface area contributed by atoms with Gasteiger partial charge in [-0.1, -0.05) is 39.1 Å². The molecule has 0 unspecified atom stereocenters. The fraction of sp³-hybridized carbons (Fsp3) is 0.435. The molecule has 0 saturated carbocycles. The van der Waals surface area contributed by atoms with Crippen LogP contribution in [0.25, 0.3) is 0 Å². The number of benzene rings is 2. The van der Waals surface area contributed by atoms with Gasteiger partial charge in [0, 0.05) is 42.8 Å². The van der Waals surface area contributed by atoms with Crippen molar-refractivity contribution < 1.29 is 17.9 Å². The number of likely N-dealkylation sites (tertiary alicyclic amines) is 2. The Morgan fingerprint density at radius 2 is 1.59 bits per heavy atom. The molecule has 2 aromatic carbocycles. The van der Waals surface area contributed by atoms with E-state index >= 15 is 0 Å². The molecule has 11 heteroatoms. The highest BCUT2D eigenvalue weighted by atomic mass is 79.9. The topological polar surface area (TPSA) is 79.0 Å². The Bertz CT molecular complexity index is 1120. The van der Waals surface area contributed by atoms with E-state index in [1.54, 1.807) is 29.2 Å². The molecule has 0 radical (unpaired) electrons. The third kappa shape index (κ3) is 6.37. The predicted molar refractivity (Wildman–Crippen MR) is 136 cm³/mol. The van der Waals surface area contributed by atoms with Gasteiger partial charge in [0.05, 0.1) is 14.9 Å². The van der Waals surface area contributed by atoms with Crippen LogP contribution in [0.1, 0.15) is 25.7 Å². The molecule has 0 atom stereocenters. The number of rotatable bonds is 5. The third-order valence-electron chi connectivity index (χ3n) is 6.28. The van der Waals surface area contributed by atoms with Crippen LogP contribution in [0.3, 0.4) is 0 Å². The first-order valence-electron chi connectivity index (χ1n) is 11.1. The maximum atomic E-state index is 12.6. The number of hydrogen-bond donors (Lipinski definition) is 1. The van der Waals surface area contributed by atoms with Gasteiger partial charge in [-0.25, -0.2) is 17.9 Å². The van der Waals surface area contributed by atoms with Crippen LogP contribution in [0.15, 0.2) is 51.8 Å². The molecule has 2 aliphatic rings. The fourth-order valence-electron chi connectivity index (χ4n) is 4.39. The summed E-state index contributed by atoms with van der Waals surface area (Å²) >= 11 is 15.3. The van der Waals surface area contributed by atoms with Crippen LogP contribution in [-0.4, -0.2) is 62.6 Å². The second-order valence-electron chi connectivity index (χ2n) is 8.51. The number of amides is 2. The van der Waals surface area contributed by atoms with E-state index in [2.05, 4.69) is 25.6 Å². The molecule has 2 heterocycles. The van der Waals surface area contributed by atoms with Crippen LogP contribution in [0.4, 0.5) is 4.79 Å². The quantitative estimate of drug-likeness (QED) is 0.520. The fourth-order valence-corrected chi connectivity index (χ4v) is 5.91. The second kappa shape index (κ2) is 11.0. The van der Waals surface area contributed by atoms with Crippen molar-refractivity contribution >= 4 is 55.2 Å². The van der Waals surface area contributed by atoms with E-state index in [1.807, 2.05) is 6.07 Å². The minimum Gasteiger partial charge on any atom is -0.490 e. The number of carbonyl (C=O) groups excluding carboxylic acids is 1. The number of ether oxygens (including phenoxy) is 1. The van der Waals surface area contributed by atoms with Gasteiger partial charge < -0.3 is 9.64 Å². The Morgan fingerprint density at radius 3 is 2.21 bits per heavy atom. The van der Waals surface area contributed by atoms with E-state index in [1.165, 1.54) is 12.1 Å². The van der Waals surface area contributed by atoms with Gasteiger partial charge >= 0.3 is 6.03 Å². The average Bonchev–Trinajstić information content (AvgIpc) is 2.82. The molecule has 2 fully saturated rings. The Balaban J connectivity index is 1.23. The normalized spacial score (nSPS) is 18.6. The highest BCUT2D eigenvalue weighted by molar-refractivity contribution is 9.10. The van der Waals surface area contributed by atoms with Gasteiger partial charge in [0.2, 0.25) is 0 Å². The SMILES string of the molecule is O=C(NS(=O)(=O)c1ccc(Br)cc1)N1CCC(N2CCC(Oc3ccc(Cl)c(Cl)c3)CC2)CC1. The van der Waals surface area contributed by atoms with Crippen molar-refractivity contribution in [3.05, 3.63) is 57.0 Å². The maximum absolute atomic E-state index is 12.6. The number of nitrogens with one attached hydrogen (secondary N) is 1. The van der Waals surface area contributed by atoms with Gasteiger partial charge in [-0.15, -0.1) is 0 Å². The summed E-state index contributed by atoms with van der Waals surface area (Å²) in [7, 11) is -3.90. The number of piperidine rings is 2. The first-order chi connectivity index (χ1) is 16.2. The molecular formula is C23H26BrCl2N3O4S. The molecule has 2 amide bonds. The zero-order chi connectivity index (χ0) is 24.3. The molecule has 2 aromatic rings. The van der Waals surface area contributed by atoms with Crippen LogP contribution in [0.5, 0.6) is 5.75 Å². The van der Waals surface area contributed by atoms with Crippen molar-refractivity contribution in [2.24, 2.45) is 0 Å². The van der Waals surface area contributed by atoms with Crippen LogP contribution < -0.4 is 9.46 Å². The van der Waals surface area contributed by atoms with Gasteiger partial charge in [0.1, 0.15) is 11.9 Å². The van der Waals surface area contributed by atoms with Crippen LogP contribution in [-0.2, 0) is 10.0 Å². The monoisotopic (exact) mass is 589 g/mol. The number of sulfonamides is 1. The van der Waals surface area contributed by atoms with Crippen LogP contribution in [0, 0.1) is 0 Å². The summed E-state index contributed by atoms with van der Waals surface area (Å²) in [6.07, 6.45) is 3.57. The molecule has 0 spiro atoms. The smallest absolute Gasteiger partial charge is 0.331 e. The molecule has 0 aromatic heterocycles. The lowest BCUT2D eigenvalue weighted by Crippen LogP contribution is -2.52. The first-order valence-corrected chi connectivity index (χ1v) is 14.2. The summed E-state index contributed by atoms with van der Waals surface area (Å²) < 4.78 is 34.0. The summed E-state index contributed by atoms with van der Waals surface area (Å²) in [5.41, 5.74) is 0. The first kappa shape index (κ1) is 25.6. The van der Waals surface area contributed by atoms with Crippen molar-refractivity contribution in [3.8, 4) is 5.75 Å². The molecule has 2 aliphatic heterocycles. The van der Waals surface area contributed by atoms with Gasteiger partial charge in [-0.2, -0.15) is 0 Å². The summed E-state index contributed by atoms with van der Waals surface area (Å²) in [5, 5.41) is 0.992. The molecule has 4 rings (SSSR count). The highest BCUT2D eigenvalue weighted by Gasteiger charge is 2.31. The van der Waals surface area contributed by atoms with Gasteiger partial charge in [0.25, 0.3) is 10.0 Å². The van der Waals surface area contributed by atoms with Crippen LogP contribution >= 0.6 is 39.1 Å². The highest BCUT2D eigenvalue weighted by Crippen LogP contribution is 2.29. The molecule has 34 heavy (non-hydrogen) atoms. The lowest BCUT2D eigenvalue weighted by atomic mass is 9.99. The molecular weight excluding hydrogens is 565 g/mol. The minimum absolute atomic E-state index is 0.0601. The van der Waals surface area contributed by atoms with E-state index in [0.717, 1.165) is 49.0 Å². The molecule has 184 valence electrons. The zero-order valence-electron chi connectivity index (χ0n) is 18.4. The Labute approximate surface area is 218 Å². The van der Waals surface area contributed by atoms with Crippen molar-refractivity contribution in [1.29, 1.82) is 0 Å². The Morgan fingerprint density at radius 1 is 0.941 bits per heavy atom. The molecule has 2 saturated heterocycles. The van der Waals surface area contributed by atoms with Crippen molar-refractivity contribution in [2.45, 2.75) is 42.7 Å². The van der Waals surface area contributed by atoms with Crippen LogP contribution in [0.2, 0.25) is 10.0 Å². The van der Waals surface area contributed by atoms with E-state index < -0.39 is 16.1 Å². The summed E-state index contributed by atoms with van der Waals surface area (Å²) in [6, 6.07) is 11.3. The molecule has 1 N–H and O–H groups in total. The van der Waals surface area contributed by atoms with E-state index in [0.29, 0.717) is 29.2 Å². The van der Waals surface area contributed by atoms with E-state index in [4.69, 9.17) is 27.9 Å². The standard InChI is InChI=1S/C23H26BrCl2N3O4S/c24-16-1-4-20(5-2-16)34(31,32)27-23(30)29-11-7-17(8-12-29)28-13-9-18(10-14-28)33-19-3-6-21(25)22(26)15-19/h1-6,15,17-18H,7-14H2,(H,27,30). The van der Waals surface area contributed by atoms with Crippen molar-refractivity contribution in [2.75, 3.05) is 26.2 Å². The van der Waals surface area contributed by atoms with Crippen molar-refractivity contribution in [3.63, 3.8) is 0 Å². The Kier molecular flexibility index (Phi) is 8.30. The number of nitrogens with zero attached hydrogens (tertiary/aromatic N) is 2. The Hall–Kier alpha value is -1.52. The predicted octanol–water partition coefficient (Wildman–Crippen LogP) is 5.16. The summed E-state index contributed by atoms with van der Waals surface area (Å²) in [5.74, 6) is 0.727. The van der Waals surface area contributed by atoms with E-state index in [9.17, 15) is 13.2 Å². The number of halogens is 3. The zero-order valence-corrected chi connectivity index (χ0v) is 22.3. The number of hydrogen-bond acceptors (Lipinski definition) is 5. The van der Waals surface area contributed by atoms with E-state index in [-0.39, 0.29) is 11.0 Å². The molecule has 0 bridgehead atoms. The molecule has 0 aliphatic carbocycles. The second-order valence-corrected chi connectivity index (χ2v) is 11.9. The number of carbonyl (C=O) groups is 1. The third-order valence-corrected chi connectivity index (χ3v) is 8.89. The lowest BCUT2D eigenvalue weighted by Gasteiger charge is -2.41. The van der Waals surface area contributed by atoms with Gasteiger partial charge in [-0.3, -0.25) is 4.90 Å². The molecule has 7 nitrogen and oxygen atoms in total. The maximum Gasteiger partial charge on any atom is 0.331 e. The van der Waals surface area contributed by atoms with Gasteiger partial charge in [0.15, 0.2) is 0 Å². The summed E-state index contributed by atoms with van der Waals surface area (Å²) in [6.45, 7) is 2.87. The van der Waals surface area contributed by atoms with Gasteiger partial charge in [-0.05, 0) is 62.1 Å². The van der Waals surface area contributed by atoms with Crippen molar-refractivity contribution in [1.82, 2.24) is 14.5 Å².